The molecule has 1 atom stereocenters. The van der Waals surface area contributed by atoms with Crippen LogP contribution >= 0.6 is 0 Å². The van der Waals surface area contributed by atoms with E-state index in [0.717, 1.165) is 27.7 Å². The highest BCUT2D eigenvalue weighted by Crippen LogP contribution is 2.32. The van der Waals surface area contributed by atoms with E-state index < -0.39 is 12.0 Å². The molecule has 0 aliphatic rings. The number of hydrogen-bond acceptors (Lipinski definition) is 3. The van der Waals surface area contributed by atoms with Crippen molar-refractivity contribution in [1.29, 1.82) is 0 Å². The number of benzene rings is 1. The van der Waals surface area contributed by atoms with E-state index in [2.05, 4.69) is 4.98 Å². The smallest absolute Gasteiger partial charge is 0.327 e. The van der Waals surface area contributed by atoms with Crippen molar-refractivity contribution in [3.8, 4) is 11.4 Å². The first-order chi connectivity index (χ1) is 11.4. The van der Waals surface area contributed by atoms with Crippen LogP contribution in [0.2, 0.25) is 0 Å². The van der Waals surface area contributed by atoms with Crippen LogP contribution in [0.25, 0.3) is 22.4 Å². The summed E-state index contributed by atoms with van der Waals surface area (Å²) >= 11 is 0. The van der Waals surface area contributed by atoms with Gasteiger partial charge in [-0.05, 0) is 55.2 Å². The number of aryl methyl sites for hydroxylation is 2. The number of hydrogen-bond donors (Lipinski definition) is 1. The minimum Gasteiger partial charge on any atom is -0.480 e. The number of imidazole rings is 1. The highest BCUT2D eigenvalue weighted by Gasteiger charge is 2.29. The molecule has 0 saturated heterocycles. The maximum absolute atomic E-state index is 12.0. The van der Waals surface area contributed by atoms with Crippen molar-refractivity contribution in [3.63, 3.8) is 0 Å². The van der Waals surface area contributed by atoms with Crippen molar-refractivity contribution in [3.05, 3.63) is 47.8 Å². The van der Waals surface area contributed by atoms with Crippen molar-refractivity contribution >= 4 is 17.0 Å². The van der Waals surface area contributed by atoms with Gasteiger partial charge in [-0.1, -0.05) is 13.8 Å². The third-order valence-corrected chi connectivity index (χ3v) is 4.39. The molecule has 2 heterocycles. The number of aromatic nitrogens is 3. The van der Waals surface area contributed by atoms with Crippen molar-refractivity contribution < 1.29 is 9.90 Å². The number of carbonyl (C=O) groups is 1. The average Bonchev–Trinajstić information content (AvgIpc) is 2.87. The Morgan fingerprint density at radius 3 is 2.50 bits per heavy atom. The van der Waals surface area contributed by atoms with Crippen LogP contribution in [0.3, 0.4) is 0 Å². The maximum Gasteiger partial charge on any atom is 0.327 e. The lowest BCUT2D eigenvalue weighted by atomic mass is 10.0. The quantitative estimate of drug-likeness (QED) is 0.788. The summed E-state index contributed by atoms with van der Waals surface area (Å²) < 4.78 is 1.84. The minimum atomic E-state index is -0.854. The Morgan fingerprint density at radius 2 is 1.92 bits per heavy atom. The molecule has 0 aliphatic carbocycles. The van der Waals surface area contributed by atoms with Gasteiger partial charge < -0.3 is 9.67 Å². The molecule has 2 aromatic heterocycles. The normalized spacial score (nSPS) is 12.7. The molecule has 5 heteroatoms. The van der Waals surface area contributed by atoms with Crippen molar-refractivity contribution in [1.82, 2.24) is 14.5 Å². The Morgan fingerprint density at radius 1 is 1.21 bits per heavy atom. The fourth-order valence-corrected chi connectivity index (χ4v) is 3.02. The molecular formula is C19H21N3O2. The number of rotatable bonds is 4. The summed E-state index contributed by atoms with van der Waals surface area (Å²) in [6.45, 7) is 7.90. The van der Waals surface area contributed by atoms with E-state index in [9.17, 15) is 9.90 Å². The molecule has 0 radical (unpaired) electrons. The van der Waals surface area contributed by atoms with Gasteiger partial charge in [-0.2, -0.15) is 0 Å². The molecule has 0 spiro atoms. The molecule has 5 nitrogen and oxygen atoms in total. The number of fused-ring (bicyclic) bond motifs is 1. The van der Waals surface area contributed by atoms with Gasteiger partial charge in [-0.3, -0.25) is 4.98 Å². The fraction of sp³-hybridized carbons (Fsp3) is 0.316. The Bertz CT molecular complexity index is 898. The summed E-state index contributed by atoms with van der Waals surface area (Å²) in [7, 11) is 0. The predicted molar refractivity (Wildman–Crippen MR) is 93.9 cm³/mol. The second-order valence-electron chi connectivity index (χ2n) is 6.50. The van der Waals surface area contributed by atoms with E-state index in [0.29, 0.717) is 5.82 Å². The molecule has 124 valence electrons. The van der Waals surface area contributed by atoms with E-state index in [1.54, 1.807) is 12.4 Å². The highest BCUT2D eigenvalue weighted by molar-refractivity contribution is 5.85. The van der Waals surface area contributed by atoms with Crippen LogP contribution in [0.4, 0.5) is 0 Å². The molecule has 0 fully saturated rings. The first-order valence-electron chi connectivity index (χ1n) is 8.02. The van der Waals surface area contributed by atoms with Crippen molar-refractivity contribution in [2.75, 3.05) is 0 Å². The summed E-state index contributed by atoms with van der Waals surface area (Å²) in [6.07, 6.45) is 3.42. The zero-order chi connectivity index (χ0) is 17.4. The largest absolute Gasteiger partial charge is 0.480 e. The molecule has 0 bridgehead atoms. The second kappa shape index (κ2) is 6.07. The van der Waals surface area contributed by atoms with E-state index in [1.807, 2.05) is 56.5 Å². The fourth-order valence-electron chi connectivity index (χ4n) is 3.02. The van der Waals surface area contributed by atoms with Crippen molar-refractivity contribution in [2.45, 2.75) is 33.7 Å². The molecule has 0 aliphatic heterocycles. The van der Waals surface area contributed by atoms with Gasteiger partial charge in [0.2, 0.25) is 0 Å². The summed E-state index contributed by atoms with van der Waals surface area (Å²) in [5.74, 6) is -0.284. The van der Waals surface area contributed by atoms with Gasteiger partial charge in [0.05, 0.1) is 11.0 Å². The molecule has 3 rings (SSSR count). The molecule has 3 aromatic rings. The van der Waals surface area contributed by atoms with Crippen LogP contribution in [0.15, 0.2) is 36.7 Å². The average molecular weight is 323 g/mol. The predicted octanol–water partition coefficient (Wildman–Crippen LogP) is 4.00. The Kier molecular flexibility index (Phi) is 4.09. The van der Waals surface area contributed by atoms with Crippen LogP contribution in [0.1, 0.15) is 31.0 Å². The van der Waals surface area contributed by atoms with Crippen LogP contribution in [0.5, 0.6) is 0 Å². The van der Waals surface area contributed by atoms with Gasteiger partial charge in [0.15, 0.2) is 0 Å². The number of pyridine rings is 1. The SMILES string of the molecule is Cc1cc2nc(-c3cccnc3)n(C(C(=O)O)C(C)C)c2cc1C. The van der Waals surface area contributed by atoms with E-state index in [1.165, 1.54) is 0 Å². The van der Waals surface area contributed by atoms with Crippen LogP contribution in [0, 0.1) is 19.8 Å². The maximum atomic E-state index is 12.0. The second-order valence-corrected chi connectivity index (χ2v) is 6.50. The highest BCUT2D eigenvalue weighted by atomic mass is 16.4. The molecule has 24 heavy (non-hydrogen) atoms. The van der Waals surface area contributed by atoms with Gasteiger partial charge >= 0.3 is 5.97 Å². The van der Waals surface area contributed by atoms with Crippen LogP contribution in [-0.2, 0) is 4.79 Å². The van der Waals surface area contributed by atoms with Gasteiger partial charge in [-0.25, -0.2) is 9.78 Å². The summed E-state index contributed by atoms with van der Waals surface area (Å²) in [4.78, 5) is 20.8. The summed E-state index contributed by atoms with van der Waals surface area (Å²) in [6, 6.07) is 7.09. The Balaban J connectivity index is 2.38. The third kappa shape index (κ3) is 2.66. The molecule has 0 amide bonds. The molecule has 1 unspecified atom stereocenters. The zero-order valence-electron chi connectivity index (χ0n) is 14.3. The molecular weight excluding hydrogens is 302 g/mol. The summed E-state index contributed by atoms with van der Waals surface area (Å²) in [5, 5.41) is 9.81. The third-order valence-electron chi connectivity index (χ3n) is 4.39. The lowest BCUT2D eigenvalue weighted by molar-refractivity contribution is -0.142. The van der Waals surface area contributed by atoms with E-state index in [4.69, 9.17) is 4.98 Å². The Labute approximate surface area is 141 Å². The standard InChI is InChI=1S/C19H21N3O2/c1-11(2)17(19(23)24)22-16-9-13(4)12(3)8-15(16)21-18(22)14-6-5-7-20-10-14/h5-11,17H,1-4H3,(H,23,24). The van der Waals surface area contributed by atoms with Gasteiger partial charge in [0.1, 0.15) is 11.9 Å². The number of nitrogens with zero attached hydrogens (tertiary/aromatic N) is 3. The van der Waals surface area contributed by atoms with Crippen molar-refractivity contribution in [2.24, 2.45) is 5.92 Å². The monoisotopic (exact) mass is 323 g/mol. The molecule has 1 aromatic carbocycles. The molecule has 0 saturated carbocycles. The van der Waals surface area contributed by atoms with E-state index in [-0.39, 0.29) is 5.92 Å². The first-order valence-corrected chi connectivity index (χ1v) is 8.02. The number of carboxylic acids is 1. The lowest BCUT2D eigenvalue weighted by Crippen LogP contribution is -2.24. The zero-order valence-corrected chi connectivity index (χ0v) is 14.3. The van der Waals surface area contributed by atoms with E-state index >= 15 is 0 Å². The van der Waals surface area contributed by atoms with Gasteiger partial charge in [0, 0.05) is 18.0 Å². The Hall–Kier alpha value is -2.69. The number of aliphatic carboxylic acids is 1. The first kappa shape index (κ1) is 16.2. The van der Waals surface area contributed by atoms with Gasteiger partial charge in [-0.15, -0.1) is 0 Å². The summed E-state index contributed by atoms with van der Waals surface area (Å²) in [5.41, 5.74) is 4.73. The number of carboxylic acid groups (broad SMARTS) is 1. The van der Waals surface area contributed by atoms with Gasteiger partial charge in [0.25, 0.3) is 0 Å². The van der Waals surface area contributed by atoms with Crippen LogP contribution in [-0.4, -0.2) is 25.6 Å². The minimum absolute atomic E-state index is 0.0723. The lowest BCUT2D eigenvalue weighted by Gasteiger charge is -2.21. The van der Waals surface area contributed by atoms with Crippen LogP contribution < -0.4 is 0 Å². The molecule has 1 N–H and O–H groups in total. The topological polar surface area (TPSA) is 68.0 Å².